The van der Waals surface area contributed by atoms with Crippen LogP contribution in [0, 0.1) is 0 Å². The molecule has 4 aromatic rings. The summed E-state index contributed by atoms with van der Waals surface area (Å²) in [4.78, 5) is 35.9. The molecule has 2 aromatic heterocycles. The van der Waals surface area contributed by atoms with Gasteiger partial charge in [0.1, 0.15) is 58.5 Å². The van der Waals surface area contributed by atoms with Crippen LogP contribution in [0.3, 0.4) is 0 Å². The Labute approximate surface area is 186 Å². The van der Waals surface area contributed by atoms with Crippen molar-refractivity contribution in [3.63, 3.8) is 0 Å². The van der Waals surface area contributed by atoms with Crippen LogP contribution >= 0.6 is 0 Å². The molecule has 170 valence electrons. The van der Waals surface area contributed by atoms with E-state index in [-0.39, 0.29) is 46.5 Å². The molecule has 0 aliphatic heterocycles. The number of ether oxygens (including phenoxy) is 2. The van der Waals surface area contributed by atoms with Crippen molar-refractivity contribution in [1.29, 1.82) is 0 Å². The number of hydrogen-bond donors (Lipinski definition) is 2. The van der Waals surface area contributed by atoms with Gasteiger partial charge in [0.15, 0.2) is 10.9 Å². The Morgan fingerprint density at radius 3 is 2.00 bits per heavy atom. The predicted octanol–water partition coefficient (Wildman–Crippen LogP) is 2.98. The van der Waals surface area contributed by atoms with E-state index in [4.69, 9.17) is 23.4 Å². The maximum absolute atomic E-state index is 12.5. The maximum Gasteiger partial charge on any atom is 0.371 e. The number of hydrogen-bond acceptors (Lipinski definition) is 8. The van der Waals surface area contributed by atoms with Gasteiger partial charge < -0.3 is 28.5 Å². The monoisotopic (exact) mass is 452 g/mol. The van der Waals surface area contributed by atoms with Gasteiger partial charge in [-0.05, 0) is 24.3 Å². The molecule has 0 radical (unpaired) electrons. The van der Waals surface area contributed by atoms with Gasteiger partial charge in [-0.2, -0.15) is 0 Å². The number of aliphatic hydroxyl groups excluding tert-OH is 1. The highest BCUT2D eigenvalue weighted by Gasteiger charge is 2.16. The molecule has 0 aliphatic rings. The second-order valence-corrected chi connectivity index (χ2v) is 7.24. The molecule has 0 aliphatic carbocycles. The van der Waals surface area contributed by atoms with Crippen molar-refractivity contribution in [2.45, 2.75) is 19.4 Å². The van der Waals surface area contributed by atoms with E-state index in [1.54, 1.807) is 18.2 Å². The summed E-state index contributed by atoms with van der Waals surface area (Å²) >= 11 is 0. The smallest absolute Gasteiger partial charge is 0.371 e. The Hall–Kier alpha value is -4.11. The van der Waals surface area contributed by atoms with Crippen molar-refractivity contribution in [2.75, 3.05) is 13.2 Å². The molecular formula is C24H20O9. The standard InChI is InChI=1S/C24H20O9/c1-2-14-9-15(26)22-17(5-3-7-19(22)32-14)30-11-13(25)12-31-18-6-4-8-20-23(18)16(27)10-21(33-20)24(28)29/h3-10,13,25H,2,11-12H2,1H3,(H,28,29). The Balaban J connectivity index is 1.48. The van der Waals surface area contributed by atoms with Gasteiger partial charge in [-0.25, -0.2) is 4.79 Å². The normalized spacial score (nSPS) is 12.1. The van der Waals surface area contributed by atoms with Crippen molar-refractivity contribution in [1.82, 2.24) is 0 Å². The molecule has 1 atom stereocenters. The molecule has 0 fully saturated rings. The summed E-state index contributed by atoms with van der Waals surface area (Å²) in [6, 6.07) is 11.7. The molecule has 0 saturated heterocycles. The molecule has 0 bridgehead atoms. The SMILES string of the molecule is CCc1cc(=O)c2c(OCC(O)COc3cccc4oc(C(=O)O)cc(=O)c34)cccc2o1. The molecule has 0 spiro atoms. The zero-order chi connectivity index (χ0) is 23.5. The minimum absolute atomic E-state index is 0.0528. The number of benzene rings is 2. The molecule has 2 aromatic carbocycles. The second-order valence-electron chi connectivity index (χ2n) is 7.24. The lowest BCUT2D eigenvalue weighted by molar-refractivity contribution is 0.0636. The topological polar surface area (TPSA) is 136 Å². The van der Waals surface area contributed by atoms with Gasteiger partial charge in [0.25, 0.3) is 0 Å². The third-order valence-electron chi connectivity index (χ3n) is 4.91. The minimum Gasteiger partial charge on any atom is -0.490 e. The maximum atomic E-state index is 12.5. The fourth-order valence-electron chi connectivity index (χ4n) is 3.35. The van der Waals surface area contributed by atoms with E-state index in [0.29, 0.717) is 17.8 Å². The van der Waals surface area contributed by atoms with Gasteiger partial charge in [-0.15, -0.1) is 0 Å². The average Bonchev–Trinajstić information content (AvgIpc) is 2.80. The Bertz CT molecular complexity index is 1450. The van der Waals surface area contributed by atoms with Gasteiger partial charge in [0.2, 0.25) is 5.76 Å². The third-order valence-corrected chi connectivity index (χ3v) is 4.91. The fraction of sp³-hybridized carbons (Fsp3) is 0.208. The van der Waals surface area contributed by atoms with Crippen LogP contribution in [0.1, 0.15) is 23.2 Å². The highest BCUT2D eigenvalue weighted by molar-refractivity contribution is 5.89. The molecule has 9 heteroatoms. The summed E-state index contributed by atoms with van der Waals surface area (Å²) in [5.74, 6) is -0.872. The van der Waals surface area contributed by atoms with E-state index < -0.39 is 23.3 Å². The number of carboxylic acid groups (broad SMARTS) is 1. The van der Waals surface area contributed by atoms with Gasteiger partial charge in [-0.1, -0.05) is 19.1 Å². The van der Waals surface area contributed by atoms with Crippen molar-refractivity contribution in [3.05, 3.63) is 80.5 Å². The number of aromatic carboxylic acids is 1. The molecule has 9 nitrogen and oxygen atoms in total. The summed E-state index contributed by atoms with van der Waals surface area (Å²) in [5, 5.41) is 19.7. The van der Waals surface area contributed by atoms with E-state index in [2.05, 4.69) is 0 Å². The molecule has 33 heavy (non-hydrogen) atoms. The predicted molar refractivity (Wildman–Crippen MR) is 118 cm³/mol. The number of rotatable bonds is 8. The molecular weight excluding hydrogens is 432 g/mol. The van der Waals surface area contributed by atoms with Crippen LogP contribution < -0.4 is 20.3 Å². The first-order valence-electron chi connectivity index (χ1n) is 10.2. The van der Waals surface area contributed by atoms with Crippen LogP contribution in [0.15, 0.2) is 67.0 Å². The summed E-state index contributed by atoms with van der Waals surface area (Å²) in [6.07, 6.45) is -0.515. The van der Waals surface area contributed by atoms with Crippen molar-refractivity contribution < 1.29 is 33.3 Å². The highest BCUT2D eigenvalue weighted by Crippen LogP contribution is 2.25. The summed E-state index contributed by atoms with van der Waals surface area (Å²) in [7, 11) is 0. The number of carboxylic acids is 1. The largest absolute Gasteiger partial charge is 0.490 e. The molecule has 0 saturated carbocycles. The van der Waals surface area contributed by atoms with Crippen molar-refractivity contribution in [2.24, 2.45) is 0 Å². The summed E-state index contributed by atoms with van der Waals surface area (Å²) < 4.78 is 22.1. The van der Waals surface area contributed by atoms with Gasteiger partial charge in [0, 0.05) is 18.6 Å². The molecule has 2 N–H and O–H groups in total. The van der Waals surface area contributed by atoms with Gasteiger partial charge in [0.05, 0.1) is 0 Å². The average molecular weight is 452 g/mol. The van der Waals surface area contributed by atoms with E-state index in [9.17, 15) is 19.5 Å². The number of carbonyl (C=O) groups is 1. The first-order chi connectivity index (χ1) is 15.9. The number of aliphatic hydroxyl groups is 1. The number of fused-ring (bicyclic) bond motifs is 2. The van der Waals surface area contributed by atoms with Crippen molar-refractivity contribution in [3.8, 4) is 11.5 Å². The Morgan fingerprint density at radius 2 is 1.45 bits per heavy atom. The minimum atomic E-state index is -1.36. The Kier molecular flexibility index (Phi) is 6.14. The van der Waals surface area contributed by atoms with Crippen LogP contribution in [0.25, 0.3) is 21.9 Å². The van der Waals surface area contributed by atoms with E-state index in [0.717, 1.165) is 6.07 Å². The first kappa shape index (κ1) is 22.1. The van der Waals surface area contributed by atoms with E-state index in [1.807, 2.05) is 6.92 Å². The summed E-state index contributed by atoms with van der Waals surface area (Å²) in [6.45, 7) is 1.47. The number of aryl methyl sites for hydroxylation is 1. The van der Waals surface area contributed by atoms with Crippen LogP contribution in [0.5, 0.6) is 11.5 Å². The molecule has 2 heterocycles. The molecule has 0 amide bonds. The van der Waals surface area contributed by atoms with Crippen LogP contribution in [0.2, 0.25) is 0 Å². The van der Waals surface area contributed by atoms with E-state index in [1.165, 1.54) is 24.3 Å². The lowest BCUT2D eigenvalue weighted by Crippen LogP contribution is -2.25. The van der Waals surface area contributed by atoms with Gasteiger partial charge >= 0.3 is 5.97 Å². The molecule has 1 unspecified atom stereocenters. The van der Waals surface area contributed by atoms with Crippen LogP contribution in [-0.4, -0.2) is 35.5 Å². The lowest BCUT2D eigenvalue weighted by atomic mass is 10.2. The van der Waals surface area contributed by atoms with E-state index >= 15 is 0 Å². The third kappa shape index (κ3) is 4.58. The zero-order valence-electron chi connectivity index (χ0n) is 17.6. The molecule has 4 rings (SSSR count). The highest BCUT2D eigenvalue weighted by atomic mass is 16.5. The van der Waals surface area contributed by atoms with Gasteiger partial charge in [-0.3, -0.25) is 9.59 Å². The van der Waals surface area contributed by atoms with Crippen LogP contribution in [0.4, 0.5) is 0 Å². The van der Waals surface area contributed by atoms with Crippen molar-refractivity contribution >= 4 is 27.9 Å². The quantitative estimate of drug-likeness (QED) is 0.413. The lowest BCUT2D eigenvalue weighted by Gasteiger charge is -2.15. The second kappa shape index (κ2) is 9.17. The van der Waals surface area contributed by atoms with Crippen LogP contribution in [-0.2, 0) is 6.42 Å². The zero-order valence-corrected chi connectivity index (χ0v) is 17.6. The first-order valence-corrected chi connectivity index (χ1v) is 10.2. The summed E-state index contributed by atoms with van der Waals surface area (Å²) in [5.41, 5.74) is -0.371. The Morgan fingerprint density at radius 1 is 0.909 bits per heavy atom. The fourth-order valence-corrected chi connectivity index (χ4v) is 3.35.